The largest absolute Gasteiger partial charge is 0.464 e. The summed E-state index contributed by atoms with van der Waals surface area (Å²) in [6.07, 6.45) is 3.42. The van der Waals surface area contributed by atoms with Crippen molar-refractivity contribution < 1.29 is 9.53 Å². The van der Waals surface area contributed by atoms with Gasteiger partial charge in [0.1, 0.15) is 6.04 Å². The Kier molecular flexibility index (Phi) is 3.85. The number of carbonyl (C=O) groups is 1. The van der Waals surface area contributed by atoms with Gasteiger partial charge < -0.3 is 15.8 Å². The van der Waals surface area contributed by atoms with Crippen molar-refractivity contribution in [3.8, 4) is 0 Å². The van der Waals surface area contributed by atoms with Crippen LogP contribution in [0.15, 0.2) is 30.6 Å². The zero-order valence-corrected chi connectivity index (χ0v) is 11.0. The second-order valence-corrected chi connectivity index (χ2v) is 4.24. The number of benzene rings is 1. The van der Waals surface area contributed by atoms with E-state index in [4.69, 9.17) is 10.5 Å². The molecule has 0 aliphatic carbocycles. The molecule has 0 radical (unpaired) electrons. The van der Waals surface area contributed by atoms with E-state index < -0.39 is 6.04 Å². The predicted octanol–water partition coefficient (Wildman–Crippen LogP) is 2.18. The molecule has 19 heavy (non-hydrogen) atoms. The van der Waals surface area contributed by atoms with Gasteiger partial charge in [0.15, 0.2) is 0 Å². The Hall–Kier alpha value is -2.30. The number of hydrogen-bond acceptors (Lipinski definition) is 5. The van der Waals surface area contributed by atoms with Crippen molar-refractivity contribution >= 4 is 28.1 Å². The van der Waals surface area contributed by atoms with Crippen LogP contribution in [0, 0.1) is 0 Å². The number of nitrogens with one attached hydrogen (secondary N) is 1. The lowest BCUT2D eigenvalue weighted by atomic mass is 10.1. The maximum Gasteiger partial charge on any atom is 0.328 e. The van der Waals surface area contributed by atoms with E-state index in [9.17, 15) is 4.79 Å². The molecule has 1 unspecified atom stereocenters. The molecule has 100 valence electrons. The zero-order valence-electron chi connectivity index (χ0n) is 11.0. The van der Waals surface area contributed by atoms with E-state index in [0.717, 1.165) is 16.5 Å². The highest BCUT2D eigenvalue weighted by atomic mass is 16.5. The zero-order chi connectivity index (χ0) is 13.8. The highest BCUT2D eigenvalue weighted by Crippen LogP contribution is 2.27. The number of anilines is 2. The Morgan fingerprint density at radius 2 is 2.21 bits per heavy atom. The summed E-state index contributed by atoms with van der Waals surface area (Å²) in [4.78, 5) is 15.7. The van der Waals surface area contributed by atoms with Gasteiger partial charge in [0, 0.05) is 34.5 Å². The molecular weight excluding hydrogens is 242 g/mol. The molecule has 2 aromatic rings. The predicted molar refractivity (Wildman–Crippen MR) is 75.9 cm³/mol. The van der Waals surface area contributed by atoms with Crippen LogP contribution in [0.4, 0.5) is 11.4 Å². The maximum atomic E-state index is 11.6. The second-order valence-electron chi connectivity index (χ2n) is 4.24. The van der Waals surface area contributed by atoms with Crippen LogP contribution in [-0.2, 0) is 9.53 Å². The number of ether oxygens (including phenoxy) is 1. The minimum atomic E-state index is -0.424. The third-order valence-corrected chi connectivity index (χ3v) is 2.86. The Bertz CT molecular complexity index is 598. The van der Waals surface area contributed by atoms with Crippen molar-refractivity contribution in [3.63, 3.8) is 0 Å². The average Bonchev–Trinajstić information content (AvgIpc) is 2.42. The van der Waals surface area contributed by atoms with E-state index in [1.54, 1.807) is 26.2 Å². The molecule has 1 atom stereocenters. The van der Waals surface area contributed by atoms with Crippen LogP contribution in [0.2, 0.25) is 0 Å². The fraction of sp³-hybridized carbons (Fsp3) is 0.286. The quantitative estimate of drug-likeness (QED) is 0.650. The molecule has 0 saturated heterocycles. The number of hydrogen-bond donors (Lipinski definition) is 2. The van der Waals surface area contributed by atoms with Gasteiger partial charge in [-0.05, 0) is 32.0 Å². The van der Waals surface area contributed by atoms with Crippen molar-refractivity contribution in [1.29, 1.82) is 0 Å². The number of fused-ring (bicyclic) bond motifs is 1. The SMILES string of the molecule is CCOC(=O)C(C)Nc1ccc(N)c2ccncc12. The lowest BCUT2D eigenvalue weighted by Crippen LogP contribution is -2.28. The number of nitrogens with zero attached hydrogens (tertiary/aromatic N) is 1. The summed E-state index contributed by atoms with van der Waals surface area (Å²) < 4.78 is 4.97. The van der Waals surface area contributed by atoms with Crippen LogP contribution in [0.25, 0.3) is 10.8 Å². The van der Waals surface area contributed by atoms with Crippen LogP contribution < -0.4 is 11.1 Å². The highest BCUT2D eigenvalue weighted by molar-refractivity contribution is 6.01. The average molecular weight is 259 g/mol. The summed E-state index contributed by atoms with van der Waals surface area (Å²) in [6, 6.07) is 5.08. The minimum absolute atomic E-state index is 0.281. The summed E-state index contributed by atoms with van der Waals surface area (Å²) in [5.74, 6) is -0.281. The fourth-order valence-electron chi connectivity index (χ4n) is 1.90. The van der Waals surface area contributed by atoms with E-state index in [1.807, 2.05) is 18.2 Å². The summed E-state index contributed by atoms with van der Waals surface area (Å²) in [5.41, 5.74) is 7.42. The van der Waals surface area contributed by atoms with E-state index in [0.29, 0.717) is 12.3 Å². The lowest BCUT2D eigenvalue weighted by molar-refractivity contribution is -0.143. The van der Waals surface area contributed by atoms with Crippen LogP contribution in [0.5, 0.6) is 0 Å². The standard InChI is InChI=1S/C14H17N3O2/c1-3-19-14(18)9(2)17-13-5-4-12(15)10-6-7-16-8-11(10)13/h4-9,17H,3,15H2,1-2H3. The summed E-state index contributed by atoms with van der Waals surface area (Å²) in [7, 11) is 0. The number of esters is 1. The number of pyridine rings is 1. The van der Waals surface area contributed by atoms with Gasteiger partial charge in [-0.25, -0.2) is 4.79 Å². The topological polar surface area (TPSA) is 77.2 Å². The summed E-state index contributed by atoms with van der Waals surface area (Å²) in [5, 5.41) is 4.93. The van der Waals surface area contributed by atoms with Crippen LogP contribution in [0.1, 0.15) is 13.8 Å². The van der Waals surface area contributed by atoms with Crippen molar-refractivity contribution in [2.24, 2.45) is 0 Å². The molecule has 3 N–H and O–H groups in total. The smallest absolute Gasteiger partial charge is 0.328 e. The molecular formula is C14H17N3O2. The third-order valence-electron chi connectivity index (χ3n) is 2.86. The van der Waals surface area contributed by atoms with Gasteiger partial charge in [0.05, 0.1) is 6.61 Å². The minimum Gasteiger partial charge on any atom is -0.464 e. The van der Waals surface area contributed by atoms with Crippen molar-refractivity contribution in [2.75, 3.05) is 17.7 Å². The highest BCUT2D eigenvalue weighted by Gasteiger charge is 2.15. The number of rotatable bonds is 4. The first-order valence-electron chi connectivity index (χ1n) is 6.19. The first-order chi connectivity index (χ1) is 9.13. The Morgan fingerprint density at radius 3 is 2.95 bits per heavy atom. The molecule has 0 bridgehead atoms. The van der Waals surface area contributed by atoms with Crippen LogP contribution >= 0.6 is 0 Å². The number of carbonyl (C=O) groups excluding carboxylic acids is 1. The molecule has 1 heterocycles. The van der Waals surface area contributed by atoms with Crippen molar-refractivity contribution in [2.45, 2.75) is 19.9 Å². The van der Waals surface area contributed by atoms with E-state index in [2.05, 4.69) is 10.3 Å². The molecule has 0 amide bonds. The van der Waals surface area contributed by atoms with Crippen LogP contribution in [-0.4, -0.2) is 23.6 Å². The van der Waals surface area contributed by atoms with Gasteiger partial charge in [-0.3, -0.25) is 4.98 Å². The van der Waals surface area contributed by atoms with Crippen molar-refractivity contribution in [3.05, 3.63) is 30.6 Å². The molecule has 0 fully saturated rings. The number of nitrogens with two attached hydrogens (primary N) is 1. The normalized spacial score (nSPS) is 12.1. The molecule has 1 aromatic heterocycles. The van der Waals surface area contributed by atoms with Gasteiger partial charge in [-0.15, -0.1) is 0 Å². The molecule has 0 aliphatic rings. The lowest BCUT2D eigenvalue weighted by Gasteiger charge is -2.16. The third kappa shape index (κ3) is 2.76. The monoisotopic (exact) mass is 259 g/mol. The number of aromatic nitrogens is 1. The molecule has 5 nitrogen and oxygen atoms in total. The van der Waals surface area contributed by atoms with Gasteiger partial charge in [-0.1, -0.05) is 0 Å². The fourth-order valence-corrected chi connectivity index (χ4v) is 1.90. The number of nitrogen functional groups attached to an aromatic ring is 1. The molecule has 2 rings (SSSR count). The Labute approximate surface area is 111 Å². The Morgan fingerprint density at radius 1 is 1.42 bits per heavy atom. The molecule has 5 heteroatoms. The van der Waals surface area contributed by atoms with Gasteiger partial charge in [0.25, 0.3) is 0 Å². The van der Waals surface area contributed by atoms with Crippen molar-refractivity contribution in [1.82, 2.24) is 4.98 Å². The van der Waals surface area contributed by atoms with Gasteiger partial charge in [0.2, 0.25) is 0 Å². The van der Waals surface area contributed by atoms with E-state index in [1.165, 1.54) is 0 Å². The molecule has 0 saturated carbocycles. The van der Waals surface area contributed by atoms with E-state index >= 15 is 0 Å². The van der Waals surface area contributed by atoms with Gasteiger partial charge in [-0.2, -0.15) is 0 Å². The maximum absolute atomic E-state index is 11.6. The second kappa shape index (κ2) is 5.56. The first kappa shape index (κ1) is 13.1. The molecule has 1 aromatic carbocycles. The molecule has 0 aliphatic heterocycles. The Balaban J connectivity index is 2.31. The van der Waals surface area contributed by atoms with E-state index in [-0.39, 0.29) is 5.97 Å². The van der Waals surface area contributed by atoms with Crippen LogP contribution in [0.3, 0.4) is 0 Å². The van der Waals surface area contributed by atoms with Gasteiger partial charge >= 0.3 is 5.97 Å². The summed E-state index contributed by atoms with van der Waals surface area (Å²) >= 11 is 0. The first-order valence-corrected chi connectivity index (χ1v) is 6.19. The molecule has 0 spiro atoms. The summed E-state index contributed by atoms with van der Waals surface area (Å²) in [6.45, 7) is 3.92.